The Bertz CT molecular complexity index is 967. The number of hydrogen-bond acceptors (Lipinski definition) is 2. The molecule has 2 aromatic carbocycles. The number of fused-ring (bicyclic) bond motifs is 3. The molecule has 4 rings (SSSR count). The Kier molecular flexibility index (Phi) is 5.81. The van der Waals surface area contributed by atoms with Crippen molar-refractivity contribution in [1.29, 1.82) is 0 Å². The molecular formula is C24H23F5O2. The van der Waals surface area contributed by atoms with Crippen LogP contribution in [0.3, 0.4) is 0 Å². The second-order valence-corrected chi connectivity index (χ2v) is 8.10. The largest absolute Gasteiger partial charge is 0.490 e. The summed E-state index contributed by atoms with van der Waals surface area (Å²) in [5.74, 6) is -1.64. The first-order valence-corrected chi connectivity index (χ1v) is 10.3. The first-order chi connectivity index (χ1) is 14.8. The third kappa shape index (κ3) is 3.95. The molecule has 7 heteroatoms. The molecule has 0 saturated carbocycles. The zero-order valence-electron chi connectivity index (χ0n) is 17.0. The molecule has 1 saturated heterocycles. The van der Waals surface area contributed by atoms with Gasteiger partial charge in [-0.05, 0) is 49.1 Å². The second kappa shape index (κ2) is 8.26. The van der Waals surface area contributed by atoms with Crippen LogP contribution in [-0.2, 0) is 22.7 Å². The highest BCUT2D eigenvalue weighted by atomic mass is 19.4. The quantitative estimate of drug-likeness (QED) is 0.416. The van der Waals surface area contributed by atoms with E-state index < -0.39 is 28.8 Å². The van der Waals surface area contributed by atoms with Gasteiger partial charge in [-0.3, -0.25) is 0 Å². The number of rotatable bonds is 4. The van der Waals surface area contributed by atoms with E-state index >= 15 is 4.39 Å². The summed E-state index contributed by atoms with van der Waals surface area (Å²) in [7, 11) is 0. The van der Waals surface area contributed by atoms with E-state index in [9.17, 15) is 17.6 Å². The summed E-state index contributed by atoms with van der Waals surface area (Å²) < 4.78 is 80.2. The van der Waals surface area contributed by atoms with Gasteiger partial charge in [0.05, 0.1) is 18.3 Å². The molecule has 166 valence electrons. The standard InChI is InChI=1S/C24H23F5O2/c1-2-3-4-20-17-14-31-22-19(26)10-9-18(25)21(22)23(17,11-12-30-20)13-15-5-7-16(8-6-15)24(27,28)29/h3-10,17,20H,2,11-14H2,1H3/b4-3+/t17-,20-,23-/m0/s1. The van der Waals surface area contributed by atoms with Gasteiger partial charge in [-0.2, -0.15) is 13.2 Å². The molecule has 31 heavy (non-hydrogen) atoms. The van der Waals surface area contributed by atoms with Crippen LogP contribution >= 0.6 is 0 Å². The summed E-state index contributed by atoms with van der Waals surface area (Å²) in [5.41, 5.74) is -0.831. The fourth-order valence-electron chi connectivity index (χ4n) is 4.81. The fourth-order valence-corrected chi connectivity index (χ4v) is 4.81. The minimum absolute atomic E-state index is 0.108. The van der Waals surface area contributed by atoms with E-state index in [1.165, 1.54) is 12.1 Å². The first kappa shape index (κ1) is 21.8. The van der Waals surface area contributed by atoms with Gasteiger partial charge in [-0.25, -0.2) is 8.78 Å². The zero-order chi connectivity index (χ0) is 22.2. The Balaban J connectivity index is 1.81. The molecule has 0 radical (unpaired) electrons. The molecule has 3 atom stereocenters. The van der Waals surface area contributed by atoms with Crippen molar-refractivity contribution in [2.24, 2.45) is 5.92 Å². The Morgan fingerprint density at radius 2 is 1.77 bits per heavy atom. The number of benzene rings is 2. The van der Waals surface area contributed by atoms with Crippen LogP contribution in [-0.4, -0.2) is 19.3 Å². The summed E-state index contributed by atoms with van der Waals surface area (Å²) in [6.45, 7) is 2.44. The molecule has 0 spiro atoms. The molecular weight excluding hydrogens is 415 g/mol. The van der Waals surface area contributed by atoms with Crippen molar-refractivity contribution in [2.45, 2.75) is 43.9 Å². The SMILES string of the molecule is CC/C=C/[C@@H]1OCC[C@@]2(Cc3ccc(C(F)(F)F)cc3)c3c(F)ccc(F)c3OC[C@@H]12. The predicted molar refractivity (Wildman–Crippen MR) is 106 cm³/mol. The van der Waals surface area contributed by atoms with Gasteiger partial charge < -0.3 is 9.47 Å². The van der Waals surface area contributed by atoms with E-state index in [2.05, 4.69) is 0 Å². The van der Waals surface area contributed by atoms with E-state index in [4.69, 9.17) is 9.47 Å². The van der Waals surface area contributed by atoms with Crippen LogP contribution in [0.1, 0.15) is 36.5 Å². The molecule has 0 N–H and O–H groups in total. The zero-order valence-corrected chi connectivity index (χ0v) is 17.0. The van der Waals surface area contributed by atoms with Crippen molar-refractivity contribution in [2.75, 3.05) is 13.2 Å². The lowest BCUT2D eigenvalue weighted by atomic mass is 9.60. The van der Waals surface area contributed by atoms with Crippen LogP contribution in [0.25, 0.3) is 0 Å². The third-order valence-corrected chi connectivity index (χ3v) is 6.29. The van der Waals surface area contributed by atoms with Crippen LogP contribution in [0.5, 0.6) is 5.75 Å². The summed E-state index contributed by atoms with van der Waals surface area (Å²) >= 11 is 0. The van der Waals surface area contributed by atoms with Crippen LogP contribution < -0.4 is 4.74 Å². The van der Waals surface area contributed by atoms with Gasteiger partial charge in [0, 0.05) is 23.5 Å². The smallest absolute Gasteiger partial charge is 0.416 e. The highest BCUT2D eigenvalue weighted by Gasteiger charge is 2.53. The maximum Gasteiger partial charge on any atom is 0.416 e. The van der Waals surface area contributed by atoms with Crippen LogP contribution in [0.15, 0.2) is 48.6 Å². The van der Waals surface area contributed by atoms with Gasteiger partial charge in [0.25, 0.3) is 0 Å². The summed E-state index contributed by atoms with van der Waals surface area (Å²) in [4.78, 5) is 0. The van der Waals surface area contributed by atoms with E-state index in [-0.39, 0.29) is 36.4 Å². The van der Waals surface area contributed by atoms with Crippen molar-refractivity contribution in [3.05, 3.63) is 76.9 Å². The number of ether oxygens (including phenoxy) is 2. The molecule has 0 amide bonds. The normalized spacial score (nSPS) is 25.7. The van der Waals surface area contributed by atoms with Gasteiger partial charge >= 0.3 is 6.18 Å². The lowest BCUT2D eigenvalue weighted by Crippen LogP contribution is -2.54. The maximum absolute atomic E-state index is 15.1. The highest BCUT2D eigenvalue weighted by molar-refractivity contribution is 5.47. The van der Waals surface area contributed by atoms with Gasteiger partial charge in [-0.15, -0.1) is 0 Å². The Hall–Kier alpha value is -2.41. The van der Waals surface area contributed by atoms with Crippen molar-refractivity contribution in [3.8, 4) is 5.75 Å². The molecule has 2 nitrogen and oxygen atoms in total. The Morgan fingerprint density at radius 1 is 1.06 bits per heavy atom. The van der Waals surface area contributed by atoms with Gasteiger partial charge in [0.15, 0.2) is 11.6 Å². The molecule has 0 unspecified atom stereocenters. The Morgan fingerprint density at radius 3 is 2.45 bits per heavy atom. The van der Waals surface area contributed by atoms with Crippen LogP contribution in [0.2, 0.25) is 0 Å². The summed E-state index contributed by atoms with van der Waals surface area (Å²) in [6, 6.07) is 6.99. The number of hydrogen-bond donors (Lipinski definition) is 0. The van der Waals surface area contributed by atoms with E-state index in [0.29, 0.717) is 18.6 Å². The predicted octanol–water partition coefficient (Wildman–Crippen LogP) is 6.23. The van der Waals surface area contributed by atoms with Crippen molar-refractivity contribution < 1.29 is 31.4 Å². The highest BCUT2D eigenvalue weighted by Crippen LogP contribution is 2.52. The minimum atomic E-state index is -4.44. The topological polar surface area (TPSA) is 18.5 Å². The Labute approximate surface area is 177 Å². The monoisotopic (exact) mass is 438 g/mol. The average Bonchev–Trinajstić information content (AvgIpc) is 2.74. The lowest BCUT2D eigenvalue weighted by Gasteiger charge is -2.50. The number of halogens is 5. The van der Waals surface area contributed by atoms with E-state index in [0.717, 1.165) is 30.7 Å². The number of allylic oxidation sites excluding steroid dienone is 1. The van der Waals surface area contributed by atoms with Gasteiger partial charge in [0.2, 0.25) is 0 Å². The van der Waals surface area contributed by atoms with Crippen LogP contribution in [0.4, 0.5) is 22.0 Å². The molecule has 2 aromatic rings. The second-order valence-electron chi connectivity index (χ2n) is 8.10. The molecule has 2 aliphatic heterocycles. The molecule has 0 bridgehead atoms. The third-order valence-electron chi connectivity index (χ3n) is 6.29. The molecule has 1 fully saturated rings. The maximum atomic E-state index is 15.1. The molecule has 2 heterocycles. The summed E-state index contributed by atoms with van der Waals surface area (Å²) in [5, 5.41) is 0. The average molecular weight is 438 g/mol. The molecule has 2 aliphatic rings. The van der Waals surface area contributed by atoms with Gasteiger partial charge in [-0.1, -0.05) is 31.2 Å². The molecule has 0 aliphatic carbocycles. The van der Waals surface area contributed by atoms with E-state index in [1.807, 2.05) is 19.1 Å². The summed E-state index contributed by atoms with van der Waals surface area (Å²) in [6.07, 6.45) is 0.526. The van der Waals surface area contributed by atoms with Crippen LogP contribution in [0, 0.1) is 17.6 Å². The van der Waals surface area contributed by atoms with Crippen molar-refractivity contribution in [1.82, 2.24) is 0 Å². The van der Waals surface area contributed by atoms with Gasteiger partial charge in [0.1, 0.15) is 5.82 Å². The minimum Gasteiger partial charge on any atom is -0.490 e. The molecule has 0 aromatic heterocycles. The van der Waals surface area contributed by atoms with Crippen molar-refractivity contribution >= 4 is 0 Å². The lowest BCUT2D eigenvalue weighted by molar-refractivity contribution is -0.137. The van der Waals surface area contributed by atoms with Crippen molar-refractivity contribution in [3.63, 3.8) is 0 Å². The van der Waals surface area contributed by atoms with E-state index in [1.54, 1.807) is 0 Å². The number of alkyl halides is 3. The fraction of sp³-hybridized carbons (Fsp3) is 0.417. The first-order valence-electron chi connectivity index (χ1n) is 10.3.